The van der Waals surface area contributed by atoms with Gasteiger partial charge in [-0.05, 0) is 17.3 Å². The normalized spacial score (nSPS) is 8.79. The Morgan fingerprint density at radius 1 is 1.64 bits per heavy atom. The van der Waals surface area contributed by atoms with Crippen molar-refractivity contribution in [2.45, 2.75) is 0 Å². The molecule has 0 N–H and O–H groups in total. The fraction of sp³-hybridized carbons (Fsp3) is 0.100. The Bertz CT molecular complexity index is 394. The minimum Gasteiger partial charge on any atom is -0.488 e. The molecule has 0 amide bonds. The predicted octanol–water partition coefficient (Wildman–Crippen LogP) is 2.52. The minimum absolute atomic E-state index is 0.239. The van der Waals surface area contributed by atoms with Gasteiger partial charge in [-0.15, -0.1) is 4.91 Å². The Kier molecular flexibility index (Phi) is 3.39. The first-order valence-corrected chi connectivity index (χ1v) is 3.93. The third kappa shape index (κ3) is 2.17. The molecule has 0 unspecified atom stereocenters. The van der Waals surface area contributed by atoms with Crippen LogP contribution >= 0.6 is 0 Å². The average Bonchev–Trinajstić information content (AvgIpc) is 2.25. The molecule has 4 heteroatoms. The summed E-state index contributed by atoms with van der Waals surface area (Å²) in [6, 6.07) is 6.34. The molecule has 14 heavy (non-hydrogen) atoms. The van der Waals surface area contributed by atoms with Crippen molar-refractivity contribution in [3.8, 4) is 11.8 Å². The van der Waals surface area contributed by atoms with Gasteiger partial charge in [0.05, 0.1) is 5.56 Å². The van der Waals surface area contributed by atoms with Crippen LogP contribution in [0.2, 0.25) is 0 Å². The molecule has 0 atom stereocenters. The second kappa shape index (κ2) is 4.77. The van der Waals surface area contributed by atoms with Crippen LogP contribution in [-0.2, 0) is 0 Å². The minimum atomic E-state index is 0.239. The lowest BCUT2D eigenvalue weighted by Gasteiger charge is -2.04. The number of nitriles is 1. The van der Waals surface area contributed by atoms with Gasteiger partial charge in [-0.3, -0.25) is 0 Å². The highest BCUT2D eigenvalue weighted by Gasteiger charge is 2.04. The van der Waals surface area contributed by atoms with Gasteiger partial charge in [0.1, 0.15) is 24.1 Å². The van der Waals surface area contributed by atoms with E-state index in [1.54, 1.807) is 6.08 Å². The average molecular weight is 188 g/mol. The van der Waals surface area contributed by atoms with E-state index in [0.717, 1.165) is 0 Å². The lowest BCUT2D eigenvalue weighted by molar-refractivity contribution is 0.362. The van der Waals surface area contributed by atoms with Gasteiger partial charge in [0, 0.05) is 6.07 Å². The monoisotopic (exact) mass is 188 g/mol. The van der Waals surface area contributed by atoms with Crippen LogP contribution in [-0.4, -0.2) is 6.61 Å². The van der Waals surface area contributed by atoms with Crippen LogP contribution in [0.3, 0.4) is 0 Å². The summed E-state index contributed by atoms with van der Waals surface area (Å²) >= 11 is 0. The number of nitrogens with zero attached hydrogens (tertiary/aromatic N) is 2. The van der Waals surface area contributed by atoms with Crippen molar-refractivity contribution in [2.75, 3.05) is 6.61 Å². The first-order valence-electron chi connectivity index (χ1n) is 3.93. The van der Waals surface area contributed by atoms with Crippen LogP contribution in [0.25, 0.3) is 0 Å². The molecule has 0 fully saturated rings. The van der Waals surface area contributed by atoms with Gasteiger partial charge in [0.15, 0.2) is 0 Å². The maximum absolute atomic E-state index is 10.2. The summed E-state index contributed by atoms with van der Waals surface area (Å²) in [4.78, 5) is 10.2. The first-order chi connectivity index (χ1) is 6.81. The maximum atomic E-state index is 10.2. The molecule has 70 valence electrons. The van der Waals surface area contributed by atoms with Gasteiger partial charge in [0.2, 0.25) is 0 Å². The topological polar surface area (TPSA) is 62.4 Å². The Morgan fingerprint density at radius 3 is 3.00 bits per heavy atom. The van der Waals surface area contributed by atoms with Gasteiger partial charge in [0.25, 0.3) is 0 Å². The molecule has 0 saturated heterocycles. The van der Waals surface area contributed by atoms with E-state index in [9.17, 15) is 4.91 Å². The van der Waals surface area contributed by atoms with Gasteiger partial charge >= 0.3 is 0 Å². The standard InChI is InChI=1S/C10H8N2O2/c1-2-5-14-10-6-9(12-13)4-3-8(10)7-11/h2-4,6H,1,5H2. The maximum Gasteiger partial charge on any atom is 0.139 e. The van der Waals surface area contributed by atoms with E-state index in [4.69, 9.17) is 10.00 Å². The van der Waals surface area contributed by atoms with Crippen molar-refractivity contribution in [1.82, 2.24) is 0 Å². The zero-order valence-electron chi connectivity index (χ0n) is 7.43. The molecule has 0 radical (unpaired) electrons. The summed E-state index contributed by atoms with van der Waals surface area (Å²) in [7, 11) is 0. The van der Waals surface area contributed by atoms with Crippen molar-refractivity contribution >= 4 is 5.69 Å². The van der Waals surface area contributed by atoms with Crippen LogP contribution in [0.4, 0.5) is 5.69 Å². The quantitative estimate of drug-likeness (QED) is 0.538. The van der Waals surface area contributed by atoms with E-state index >= 15 is 0 Å². The number of nitroso groups, excluding NO2 is 1. The number of rotatable bonds is 4. The van der Waals surface area contributed by atoms with E-state index < -0.39 is 0 Å². The lowest BCUT2D eigenvalue weighted by Crippen LogP contribution is -1.94. The lowest BCUT2D eigenvalue weighted by atomic mass is 10.2. The molecule has 1 rings (SSSR count). The molecule has 1 aromatic carbocycles. The van der Waals surface area contributed by atoms with Crippen LogP contribution in [0.1, 0.15) is 5.56 Å². The number of benzene rings is 1. The Hall–Kier alpha value is -2.15. The summed E-state index contributed by atoms with van der Waals surface area (Å²) in [5.74, 6) is 0.351. The van der Waals surface area contributed by atoms with Crippen LogP contribution < -0.4 is 4.74 Å². The van der Waals surface area contributed by atoms with E-state index in [0.29, 0.717) is 11.3 Å². The van der Waals surface area contributed by atoms with Crippen LogP contribution in [0.5, 0.6) is 5.75 Å². The summed E-state index contributed by atoms with van der Waals surface area (Å²) in [5.41, 5.74) is 0.613. The Labute approximate surface area is 81.4 Å². The van der Waals surface area contributed by atoms with Gasteiger partial charge in [-0.25, -0.2) is 0 Å². The highest BCUT2D eigenvalue weighted by molar-refractivity contribution is 5.52. The van der Waals surface area contributed by atoms with Crippen molar-refractivity contribution in [3.05, 3.63) is 41.3 Å². The SMILES string of the molecule is C=CCOc1cc(N=O)ccc1C#N. The second-order valence-electron chi connectivity index (χ2n) is 2.48. The molecule has 1 aromatic rings. The van der Waals surface area contributed by atoms with Crippen molar-refractivity contribution in [2.24, 2.45) is 5.18 Å². The zero-order valence-corrected chi connectivity index (χ0v) is 7.43. The molecule has 0 aliphatic rings. The smallest absolute Gasteiger partial charge is 0.139 e. The molecular formula is C10H8N2O2. The molecule has 0 aromatic heterocycles. The third-order valence-electron chi connectivity index (χ3n) is 1.55. The first kappa shape index (κ1) is 9.93. The molecule has 0 aliphatic carbocycles. The largest absolute Gasteiger partial charge is 0.488 e. The number of ether oxygens (including phenoxy) is 1. The van der Waals surface area contributed by atoms with Crippen LogP contribution in [0.15, 0.2) is 36.0 Å². The fourth-order valence-corrected chi connectivity index (χ4v) is 0.928. The highest BCUT2D eigenvalue weighted by Crippen LogP contribution is 2.24. The molecule has 0 saturated carbocycles. The molecule has 0 spiro atoms. The molecule has 0 aliphatic heterocycles. The van der Waals surface area contributed by atoms with Crippen molar-refractivity contribution in [3.63, 3.8) is 0 Å². The highest BCUT2D eigenvalue weighted by atomic mass is 16.5. The van der Waals surface area contributed by atoms with Gasteiger partial charge < -0.3 is 4.74 Å². The Balaban J connectivity index is 3.02. The third-order valence-corrected chi connectivity index (χ3v) is 1.55. The predicted molar refractivity (Wildman–Crippen MR) is 52.3 cm³/mol. The van der Waals surface area contributed by atoms with Gasteiger partial charge in [-0.2, -0.15) is 5.26 Å². The van der Waals surface area contributed by atoms with Crippen molar-refractivity contribution in [1.29, 1.82) is 5.26 Å². The summed E-state index contributed by atoms with van der Waals surface area (Å²) < 4.78 is 5.18. The zero-order chi connectivity index (χ0) is 10.4. The van der Waals surface area contributed by atoms with Crippen LogP contribution in [0, 0.1) is 16.2 Å². The van der Waals surface area contributed by atoms with E-state index in [2.05, 4.69) is 11.8 Å². The molecular weight excluding hydrogens is 180 g/mol. The van der Waals surface area contributed by atoms with Gasteiger partial charge in [-0.1, -0.05) is 12.7 Å². The molecule has 0 bridgehead atoms. The van der Waals surface area contributed by atoms with E-state index in [1.165, 1.54) is 18.2 Å². The Morgan fingerprint density at radius 2 is 2.43 bits per heavy atom. The second-order valence-corrected chi connectivity index (χ2v) is 2.48. The summed E-state index contributed by atoms with van der Waals surface area (Å²) in [5, 5.41) is 11.5. The number of hydrogen-bond donors (Lipinski definition) is 0. The van der Waals surface area contributed by atoms with E-state index in [-0.39, 0.29) is 12.3 Å². The summed E-state index contributed by atoms with van der Waals surface area (Å²) in [6.07, 6.45) is 1.56. The molecule has 0 heterocycles. The molecule has 4 nitrogen and oxygen atoms in total. The fourth-order valence-electron chi connectivity index (χ4n) is 0.928. The van der Waals surface area contributed by atoms with E-state index in [1.807, 2.05) is 6.07 Å². The number of hydrogen-bond acceptors (Lipinski definition) is 4. The summed E-state index contributed by atoms with van der Waals surface area (Å²) in [6.45, 7) is 3.77. The van der Waals surface area contributed by atoms with Crippen molar-refractivity contribution < 1.29 is 4.74 Å².